The maximum absolute atomic E-state index is 14.2. The van der Waals surface area contributed by atoms with Crippen LogP contribution in [0.15, 0.2) is 25.0 Å². The molecule has 0 aromatic carbocycles. The molecule has 25 heteroatoms. The molecule has 0 unspecified atom stereocenters. The van der Waals surface area contributed by atoms with E-state index in [0.29, 0.717) is 30.7 Å². The number of rotatable bonds is 26. The van der Waals surface area contributed by atoms with E-state index in [9.17, 15) is 58.5 Å². The fraction of sp³-hybridized carbons (Fsp3) is 0.583. The molecular formula is C36H54N12O13. The van der Waals surface area contributed by atoms with Gasteiger partial charge < -0.3 is 73.3 Å². The third kappa shape index (κ3) is 15.6. The van der Waals surface area contributed by atoms with Gasteiger partial charge in [-0.3, -0.25) is 38.4 Å². The van der Waals surface area contributed by atoms with Crippen LogP contribution in [0.1, 0.15) is 69.7 Å². The van der Waals surface area contributed by atoms with Gasteiger partial charge in [0.1, 0.15) is 36.3 Å². The molecule has 0 radical (unpaired) electrons. The number of nitrogens with one attached hydrogen (secondary N) is 7. The molecule has 336 valence electrons. The minimum Gasteiger partial charge on any atom is -0.481 e. The third-order valence-corrected chi connectivity index (χ3v) is 9.68. The molecule has 0 aliphatic carbocycles. The Morgan fingerprint density at radius 2 is 1.36 bits per heavy atom. The summed E-state index contributed by atoms with van der Waals surface area (Å²) in [5.74, 6) is -9.70. The van der Waals surface area contributed by atoms with E-state index in [4.69, 9.17) is 16.6 Å². The van der Waals surface area contributed by atoms with Crippen LogP contribution in [0.25, 0.3) is 0 Å². The number of aliphatic carboxylic acids is 3. The lowest BCUT2D eigenvalue weighted by Crippen LogP contribution is -2.62. The lowest BCUT2D eigenvalue weighted by Gasteiger charge is -2.31. The number of hydrogen-bond donors (Lipinski definition) is 13. The Morgan fingerprint density at radius 3 is 1.90 bits per heavy atom. The number of H-pyrrole nitrogens is 2. The van der Waals surface area contributed by atoms with E-state index < -0.39 is 121 Å². The van der Waals surface area contributed by atoms with E-state index in [1.54, 1.807) is 0 Å². The van der Waals surface area contributed by atoms with Gasteiger partial charge >= 0.3 is 17.9 Å². The third-order valence-electron chi connectivity index (χ3n) is 9.68. The molecule has 25 nitrogen and oxygen atoms in total. The number of hydrogen-bond acceptors (Lipinski definition) is 14. The largest absolute Gasteiger partial charge is 0.481 e. The van der Waals surface area contributed by atoms with Crippen molar-refractivity contribution in [3.05, 3.63) is 36.4 Å². The minimum atomic E-state index is -1.81. The maximum Gasteiger partial charge on any atom is 0.326 e. The fourth-order valence-electron chi connectivity index (χ4n) is 6.45. The number of aromatic amines is 2. The van der Waals surface area contributed by atoms with Gasteiger partial charge in [0, 0.05) is 49.6 Å². The zero-order valence-corrected chi connectivity index (χ0v) is 33.4. The molecule has 0 bridgehead atoms. The van der Waals surface area contributed by atoms with Crippen molar-refractivity contribution in [2.24, 2.45) is 11.5 Å². The van der Waals surface area contributed by atoms with Crippen molar-refractivity contribution in [3.8, 4) is 0 Å². The number of likely N-dealkylation sites (tertiary alicyclic amines) is 1. The zero-order valence-electron chi connectivity index (χ0n) is 33.4. The van der Waals surface area contributed by atoms with E-state index in [2.05, 4.69) is 46.5 Å². The van der Waals surface area contributed by atoms with Crippen LogP contribution in [0.4, 0.5) is 0 Å². The molecule has 1 aliphatic heterocycles. The number of aliphatic hydroxyl groups is 1. The quantitative estimate of drug-likeness (QED) is 0.0397. The summed E-state index contributed by atoms with van der Waals surface area (Å²) >= 11 is 0. The molecule has 15 N–H and O–H groups in total. The number of carbonyl (C=O) groups excluding carboxylic acids is 6. The molecule has 1 saturated heterocycles. The van der Waals surface area contributed by atoms with E-state index in [1.165, 1.54) is 29.9 Å². The van der Waals surface area contributed by atoms with Crippen LogP contribution in [0.3, 0.4) is 0 Å². The summed E-state index contributed by atoms with van der Waals surface area (Å²) in [5, 5.41) is 50.6. The van der Waals surface area contributed by atoms with E-state index in [-0.39, 0.29) is 38.8 Å². The molecular weight excluding hydrogens is 808 g/mol. The molecule has 1 aliphatic rings. The van der Waals surface area contributed by atoms with Crippen molar-refractivity contribution >= 4 is 53.4 Å². The SMILES string of the molecule is C[C@@H](O)[C@H](NC(=O)[C@H](CCC(=O)O)NC(=O)[C@@H](N)CC(=O)O)C(=O)N[C@@H](Cc1cnc[nH]1)C(=O)N[C@@H](CCCCN)C(=O)N1CCC[C@H]1C(=O)N[C@@H](Cc1cnc[nH]1)C(=O)O. The van der Waals surface area contributed by atoms with Crippen molar-refractivity contribution in [1.82, 2.24) is 51.4 Å². The second-order valence-electron chi connectivity index (χ2n) is 14.5. The smallest absolute Gasteiger partial charge is 0.326 e. The van der Waals surface area contributed by atoms with Crippen molar-refractivity contribution in [1.29, 1.82) is 0 Å². The standard InChI is InChI=1S/C36H54N12O13/c1-18(49)29(47-31(55)22(7-8-27(50)51)43-30(54)21(38)13-28(52)53)34(58)45-24(11-19-14-39-16-41-19)32(56)44-23(5-2-3-9-37)35(59)48-10-4-6-26(48)33(57)46-25(36(60)61)12-20-15-40-17-42-20/h14-18,21-26,29,49H,2-13,37-38H2,1H3,(H,39,41)(H,40,42)(H,43,54)(H,44,56)(H,45,58)(H,46,57)(H,47,55)(H,50,51)(H,52,53)(H,60,61)/t18-,21+,22+,23+,24+,25+,26+,29+/m1/s1. The average molecular weight is 863 g/mol. The number of carboxylic acids is 3. The Bertz CT molecular complexity index is 1830. The summed E-state index contributed by atoms with van der Waals surface area (Å²) < 4.78 is 0. The Hall–Kier alpha value is -6.47. The fourth-order valence-corrected chi connectivity index (χ4v) is 6.45. The number of carboxylic acid groups (broad SMARTS) is 3. The Morgan fingerprint density at radius 1 is 0.770 bits per heavy atom. The monoisotopic (exact) mass is 862 g/mol. The number of amides is 6. The predicted molar refractivity (Wildman–Crippen MR) is 208 cm³/mol. The van der Waals surface area contributed by atoms with E-state index in [0.717, 1.165) is 6.92 Å². The summed E-state index contributed by atoms with van der Waals surface area (Å²) in [6.45, 7) is 1.51. The highest BCUT2D eigenvalue weighted by atomic mass is 16.4. The number of carbonyl (C=O) groups is 9. The van der Waals surface area contributed by atoms with Gasteiger partial charge in [-0.05, 0) is 52.0 Å². The van der Waals surface area contributed by atoms with E-state index in [1.807, 2.05) is 0 Å². The first-order valence-corrected chi connectivity index (χ1v) is 19.5. The van der Waals surface area contributed by atoms with Gasteiger partial charge in [-0.15, -0.1) is 0 Å². The number of aromatic nitrogens is 4. The van der Waals surface area contributed by atoms with Gasteiger partial charge in [-0.2, -0.15) is 0 Å². The minimum absolute atomic E-state index is 0.0564. The highest BCUT2D eigenvalue weighted by Gasteiger charge is 2.40. The first-order chi connectivity index (χ1) is 28.9. The van der Waals surface area contributed by atoms with Crippen molar-refractivity contribution in [3.63, 3.8) is 0 Å². The highest BCUT2D eigenvalue weighted by Crippen LogP contribution is 2.21. The van der Waals surface area contributed by atoms with Crippen LogP contribution in [-0.4, -0.2) is 160 Å². The number of unbranched alkanes of at least 4 members (excludes halogenated alkanes) is 1. The van der Waals surface area contributed by atoms with E-state index >= 15 is 0 Å². The summed E-state index contributed by atoms with van der Waals surface area (Å²) in [6.07, 6.45) is 2.94. The predicted octanol–water partition coefficient (Wildman–Crippen LogP) is -4.41. The molecule has 2 aromatic heterocycles. The summed E-state index contributed by atoms with van der Waals surface area (Å²) in [7, 11) is 0. The second-order valence-corrected chi connectivity index (χ2v) is 14.5. The number of nitrogens with two attached hydrogens (primary N) is 2. The molecule has 1 fully saturated rings. The lowest BCUT2D eigenvalue weighted by atomic mass is 10.0. The summed E-state index contributed by atoms with van der Waals surface area (Å²) in [6, 6.07) is -10.2. The number of nitrogens with zero attached hydrogens (tertiary/aromatic N) is 3. The zero-order chi connectivity index (χ0) is 45.2. The molecule has 8 atom stereocenters. The summed E-state index contributed by atoms with van der Waals surface area (Å²) in [5.41, 5.74) is 12.1. The topological polar surface area (TPSA) is 407 Å². The van der Waals surface area contributed by atoms with Crippen LogP contribution in [-0.2, 0) is 56.0 Å². The molecule has 3 rings (SSSR count). The van der Waals surface area contributed by atoms with Gasteiger partial charge in [-0.1, -0.05) is 0 Å². The van der Waals surface area contributed by atoms with Crippen LogP contribution in [0, 0.1) is 0 Å². The normalized spacial score (nSPS) is 17.0. The molecule has 0 spiro atoms. The van der Waals surface area contributed by atoms with Crippen LogP contribution in [0.2, 0.25) is 0 Å². The first kappa shape index (κ1) is 48.9. The van der Waals surface area contributed by atoms with Crippen molar-refractivity contribution < 1.29 is 63.6 Å². The molecule has 6 amide bonds. The second kappa shape index (κ2) is 24.0. The number of aliphatic hydroxyl groups excluding tert-OH is 1. The van der Waals surface area contributed by atoms with Crippen molar-refractivity contribution in [2.45, 2.75) is 120 Å². The molecule has 0 saturated carbocycles. The molecule has 3 heterocycles. The van der Waals surface area contributed by atoms with Gasteiger partial charge in [0.25, 0.3) is 0 Å². The van der Waals surface area contributed by atoms with Gasteiger partial charge in [-0.25, -0.2) is 14.8 Å². The Kier molecular flexibility index (Phi) is 19.2. The van der Waals surface area contributed by atoms with Crippen LogP contribution < -0.4 is 38.1 Å². The molecule has 2 aromatic rings. The van der Waals surface area contributed by atoms with Gasteiger partial charge in [0.05, 0.1) is 31.2 Å². The van der Waals surface area contributed by atoms with Gasteiger partial charge in [0.15, 0.2) is 0 Å². The Balaban J connectivity index is 1.83. The average Bonchev–Trinajstić information content (AvgIpc) is 4.01. The molecule has 61 heavy (non-hydrogen) atoms. The van der Waals surface area contributed by atoms with Crippen LogP contribution >= 0.6 is 0 Å². The summed E-state index contributed by atoms with van der Waals surface area (Å²) in [4.78, 5) is 130. The van der Waals surface area contributed by atoms with Crippen LogP contribution in [0.5, 0.6) is 0 Å². The lowest BCUT2D eigenvalue weighted by molar-refractivity contribution is -0.145. The van der Waals surface area contributed by atoms with Gasteiger partial charge in [0.2, 0.25) is 35.4 Å². The first-order valence-electron chi connectivity index (χ1n) is 19.5. The Labute approximate surface area is 348 Å². The number of imidazole rings is 2. The highest BCUT2D eigenvalue weighted by molar-refractivity contribution is 5.97. The maximum atomic E-state index is 14.2. The van der Waals surface area contributed by atoms with Crippen molar-refractivity contribution in [2.75, 3.05) is 13.1 Å².